The molecule has 0 aromatic carbocycles. The fourth-order valence-electron chi connectivity index (χ4n) is 1.02. The number of rotatable bonds is 3. The summed E-state index contributed by atoms with van der Waals surface area (Å²) in [6, 6.07) is 0. The van der Waals surface area contributed by atoms with Crippen LogP contribution in [0, 0.1) is 11.8 Å². The van der Waals surface area contributed by atoms with Crippen LogP contribution in [0.25, 0.3) is 0 Å². The molecule has 0 aromatic heterocycles. The van der Waals surface area contributed by atoms with Crippen molar-refractivity contribution in [2.45, 2.75) is 70.8 Å². The Morgan fingerprint density at radius 2 is 1.80 bits per heavy atom. The van der Waals surface area contributed by atoms with E-state index in [2.05, 4.69) is 52.6 Å². The van der Waals surface area contributed by atoms with E-state index in [1.54, 1.807) is 0 Å². The second kappa shape index (κ2) is 5.72. The lowest BCUT2D eigenvalue weighted by Gasteiger charge is -2.38. The van der Waals surface area contributed by atoms with Crippen LogP contribution in [0.5, 0.6) is 0 Å². The van der Waals surface area contributed by atoms with Gasteiger partial charge in [-0.15, -0.1) is 5.92 Å². The smallest absolute Gasteiger partial charge is 0.103 e. The minimum Gasteiger partial charge on any atom is -0.384 e. The third kappa shape index (κ3) is 4.40. The highest BCUT2D eigenvalue weighted by Crippen LogP contribution is 2.37. The van der Waals surface area contributed by atoms with Crippen molar-refractivity contribution in [1.82, 2.24) is 0 Å². The molecule has 0 fully saturated rings. The normalized spacial score (nSPS) is 14.3. The molecule has 0 rings (SSSR count). The lowest BCUT2D eigenvalue weighted by Crippen LogP contribution is -2.48. The molecule has 0 aliphatic heterocycles. The van der Waals surface area contributed by atoms with Crippen LogP contribution in [-0.4, -0.2) is 18.9 Å². The van der Waals surface area contributed by atoms with Crippen LogP contribution in [-0.2, 0) is 0 Å². The number of hydrogen-bond acceptors (Lipinski definition) is 1. The zero-order valence-corrected chi connectivity index (χ0v) is 12.1. The summed E-state index contributed by atoms with van der Waals surface area (Å²) in [5.41, 5.74) is -0.394. The molecule has 0 bridgehead atoms. The summed E-state index contributed by atoms with van der Waals surface area (Å²) >= 11 is 0. The highest BCUT2D eigenvalue weighted by atomic mass is 28.3. The lowest BCUT2D eigenvalue weighted by atomic mass is 10.2. The minimum absolute atomic E-state index is 0.200. The van der Waals surface area contributed by atoms with Gasteiger partial charge in [0.1, 0.15) is 13.8 Å². The Balaban J connectivity index is 4.41. The van der Waals surface area contributed by atoms with Gasteiger partial charge in [-0.05, 0) is 11.5 Å². The van der Waals surface area contributed by atoms with E-state index in [4.69, 9.17) is 0 Å². The van der Waals surface area contributed by atoms with Crippen molar-refractivity contribution in [3.8, 4) is 11.8 Å². The Hall–Kier alpha value is -0.263. The zero-order chi connectivity index (χ0) is 12.1. The molecule has 2 heteroatoms. The highest BCUT2D eigenvalue weighted by molar-refractivity contribution is 6.81. The Bertz CT molecular complexity index is 239. The average molecular weight is 226 g/mol. The van der Waals surface area contributed by atoms with Gasteiger partial charge in [0.2, 0.25) is 0 Å². The first-order chi connectivity index (χ1) is 6.73. The Morgan fingerprint density at radius 3 is 2.20 bits per heavy atom. The maximum absolute atomic E-state index is 10.1. The van der Waals surface area contributed by atoms with Crippen LogP contribution in [0.1, 0.15) is 47.0 Å². The first kappa shape index (κ1) is 14.7. The van der Waals surface area contributed by atoms with Crippen LogP contribution in [0.4, 0.5) is 0 Å². The molecule has 0 amide bonds. The van der Waals surface area contributed by atoms with Crippen molar-refractivity contribution in [3.63, 3.8) is 0 Å². The first-order valence-corrected chi connectivity index (χ1v) is 8.97. The fourth-order valence-corrected chi connectivity index (χ4v) is 2.31. The quantitative estimate of drug-likeness (QED) is 0.443. The molecule has 0 aliphatic rings. The molecule has 15 heavy (non-hydrogen) atoms. The van der Waals surface area contributed by atoms with Gasteiger partial charge in [0.15, 0.2) is 0 Å². The maximum atomic E-state index is 10.1. The summed E-state index contributed by atoms with van der Waals surface area (Å²) < 4.78 is 0. The molecule has 0 saturated heterocycles. The van der Waals surface area contributed by atoms with E-state index >= 15 is 0 Å². The SMILES string of the molecule is CCCCC#CC(O)[Si](C)(C)C(C)(C)C. The number of aliphatic hydroxyl groups excluding tert-OH is 1. The predicted molar refractivity (Wildman–Crippen MR) is 70.5 cm³/mol. The Kier molecular flexibility index (Phi) is 5.62. The van der Waals surface area contributed by atoms with Gasteiger partial charge in [-0.3, -0.25) is 0 Å². The summed E-state index contributed by atoms with van der Waals surface area (Å²) in [5, 5.41) is 10.3. The van der Waals surface area contributed by atoms with Gasteiger partial charge in [0.25, 0.3) is 0 Å². The second-order valence-electron chi connectivity index (χ2n) is 5.80. The topological polar surface area (TPSA) is 20.2 Å². The van der Waals surface area contributed by atoms with E-state index in [0.29, 0.717) is 0 Å². The van der Waals surface area contributed by atoms with Crippen molar-refractivity contribution in [2.24, 2.45) is 0 Å². The molecule has 1 unspecified atom stereocenters. The molecule has 0 spiro atoms. The molecule has 1 N–H and O–H groups in total. The van der Waals surface area contributed by atoms with Crippen LogP contribution in [0.3, 0.4) is 0 Å². The third-order valence-electron chi connectivity index (χ3n) is 3.51. The number of hydrogen-bond donors (Lipinski definition) is 1. The molecular formula is C13H26OSi. The number of unbranched alkanes of at least 4 members (excludes halogenated alkanes) is 2. The van der Waals surface area contributed by atoms with Crippen molar-refractivity contribution in [2.75, 3.05) is 0 Å². The monoisotopic (exact) mass is 226 g/mol. The van der Waals surface area contributed by atoms with E-state index in [0.717, 1.165) is 12.8 Å². The summed E-state index contributed by atoms with van der Waals surface area (Å²) in [4.78, 5) is 0. The maximum Gasteiger partial charge on any atom is 0.103 e. The van der Waals surface area contributed by atoms with Gasteiger partial charge in [-0.1, -0.05) is 53.1 Å². The second-order valence-corrected chi connectivity index (χ2v) is 11.3. The third-order valence-corrected chi connectivity index (χ3v) is 8.89. The lowest BCUT2D eigenvalue weighted by molar-refractivity contribution is 0.292. The van der Waals surface area contributed by atoms with Gasteiger partial charge >= 0.3 is 0 Å². The molecule has 1 nitrogen and oxygen atoms in total. The fraction of sp³-hybridized carbons (Fsp3) is 0.846. The summed E-state index contributed by atoms with van der Waals surface area (Å²) in [5.74, 6) is 6.13. The van der Waals surface area contributed by atoms with Crippen molar-refractivity contribution < 1.29 is 5.11 Å². The molecular weight excluding hydrogens is 200 g/mol. The van der Waals surface area contributed by atoms with E-state index in [1.165, 1.54) is 6.42 Å². The van der Waals surface area contributed by atoms with E-state index in [-0.39, 0.29) is 5.04 Å². The molecule has 0 aliphatic carbocycles. The van der Waals surface area contributed by atoms with Crippen molar-refractivity contribution in [1.29, 1.82) is 0 Å². The van der Waals surface area contributed by atoms with Crippen molar-refractivity contribution in [3.05, 3.63) is 0 Å². The highest BCUT2D eigenvalue weighted by Gasteiger charge is 2.40. The Labute approximate surface area is 96.3 Å². The molecule has 1 atom stereocenters. The van der Waals surface area contributed by atoms with Gasteiger partial charge in [-0.25, -0.2) is 0 Å². The standard InChI is InChI=1S/C13H26OSi/c1-7-8-9-10-11-12(14)15(5,6)13(2,3)4/h12,14H,7-9H2,1-6H3. The van der Waals surface area contributed by atoms with E-state index < -0.39 is 13.8 Å². The number of aliphatic hydroxyl groups is 1. The summed E-state index contributed by atoms with van der Waals surface area (Å²) in [6.07, 6.45) is 3.23. The van der Waals surface area contributed by atoms with Gasteiger partial charge < -0.3 is 5.11 Å². The predicted octanol–water partition coefficient (Wildman–Crippen LogP) is 3.59. The average Bonchev–Trinajstić information content (AvgIpc) is 2.10. The molecule has 88 valence electrons. The van der Waals surface area contributed by atoms with E-state index in [9.17, 15) is 5.11 Å². The van der Waals surface area contributed by atoms with Gasteiger partial charge in [0, 0.05) is 6.42 Å². The molecule has 0 heterocycles. The van der Waals surface area contributed by atoms with E-state index in [1.807, 2.05) is 0 Å². The van der Waals surface area contributed by atoms with Crippen LogP contribution < -0.4 is 0 Å². The summed E-state index contributed by atoms with van der Waals surface area (Å²) in [7, 11) is -1.69. The van der Waals surface area contributed by atoms with Gasteiger partial charge in [0.05, 0.1) is 0 Å². The summed E-state index contributed by atoms with van der Waals surface area (Å²) in [6.45, 7) is 13.2. The Morgan fingerprint density at radius 1 is 1.27 bits per heavy atom. The first-order valence-electron chi connectivity index (χ1n) is 5.90. The van der Waals surface area contributed by atoms with Crippen LogP contribution in [0.2, 0.25) is 18.1 Å². The van der Waals surface area contributed by atoms with Crippen molar-refractivity contribution >= 4 is 8.07 Å². The zero-order valence-electron chi connectivity index (χ0n) is 11.1. The molecule has 0 saturated carbocycles. The molecule has 0 radical (unpaired) electrons. The van der Waals surface area contributed by atoms with Gasteiger partial charge in [-0.2, -0.15) is 0 Å². The van der Waals surface area contributed by atoms with Crippen LogP contribution >= 0.6 is 0 Å². The molecule has 0 aromatic rings. The minimum atomic E-state index is -1.69. The van der Waals surface area contributed by atoms with Crippen LogP contribution in [0.15, 0.2) is 0 Å². The largest absolute Gasteiger partial charge is 0.384 e.